The minimum absolute atomic E-state index is 0.0783. The molecule has 0 aliphatic carbocycles. The van der Waals surface area contributed by atoms with E-state index in [2.05, 4.69) is 26.1 Å². The highest BCUT2D eigenvalue weighted by atomic mass is 16.5. The number of ether oxygens (including phenoxy) is 1. The van der Waals surface area contributed by atoms with Gasteiger partial charge in [0.2, 0.25) is 5.91 Å². The Morgan fingerprint density at radius 2 is 2.15 bits per heavy atom. The first-order valence-corrected chi connectivity index (χ1v) is 10.2. The van der Waals surface area contributed by atoms with Gasteiger partial charge in [0.25, 0.3) is 0 Å². The van der Waals surface area contributed by atoms with E-state index in [1.54, 1.807) is 0 Å². The van der Waals surface area contributed by atoms with Gasteiger partial charge >= 0.3 is 0 Å². The Morgan fingerprint density at radius 3 is 3.00 bits per heavy atom. The summed E-state index contributed by atoms with van der Waals surface area (Å²) in [6, 6.07) is 2.21. The average molecular weight is 377 g/mol. The SMILES string of the molecule is O=C(CCc1cc2n(n1)CCCNC2)N1CCCN([C@@H]2COC[C@H]2O)CC1. The zero-order valence-corrected chi connectivity index (χ0v) is 16.0. The van der Waals surface area contributed by atoms with E-state index in [9.17, 15) is 9.90 Å². The molecule has 3 aliphatic rings. The molecule has 2 fully saturated rings. The lowest BCUT2D eigenvalue weighted by Gasteiger charge is -2.28. The third-order valence-corrected chi connectivity index (χ3v) is 5.91. The van der Waals surface area contributed by atoms with Crippen LogP contribution in [0, 0.1) is 0 Å². The molecule has 1 aromatic rings. The summed E-state index contributed by atoms with van der Waals surface area (Å²) in [5.74, 6) is 0.210. The third kappa shape index (κ3) is 4.51. The van der Waals surface area contributed by atoms with E-state index in [4.69, 9.17) is 4.74 Å². The van der Waals surface area contributed by atoms with Crippen molar-refractivity contribution in [2.24, 2.45) is 0 Å². The number of aliphatic hydroxyl groups is 1. The second kappa shape index (κ2) is 8.68. The van der Waals surface area contributed by atoms with Crippen LogP contribution < -0.4 is 5.32 Å². The number of rotatable bonds is 4. The van der Waals surface area contributed by atoms with Crippen LogP contribution in [0.1, 0.15) is 30.7 Å². The molecule has 8 nitrogen and oxygen atoms in total. The molecular weight excluding hydrogens is 346 g/mol. The Hall–Kier alpha value is -1.48. The lowest BCUT2D eigenvalue weighted by molar-refractivity contribution is -0.131. The van der Waals surface area contributed by atoms with Gasteiger partial charge in [0, 0.05) is 52.1 Å². The number of fused-ring (bicyclic) bond motifs is 1. The smallest absolute Gasteiger partial charge is 0.223 e. The number of hydrogen-bond donors (Lipinski definition) is 2. The summed E-state index contributed by atoms with van der Waals surface area (Å²) in [7, 11) is 0. The van der Waals surface area contributed by atoms with E-state index in [-0.39, 0.29) is 11.9 Å². The molecule has 4 rings (SSSR count). The summed E-state index contributed by atoms with van der Waals surface area (Å²) in [5.41, 5.74) is 2.24. The highest BCUT2D eigenvalue weighted by Crippen LogP contribution is 2.17. The molecule has 0 spiro atoms. The van der Waals surface area contributed by atoms with E-state index < -0.39 is 6.10 Å². The fourth-order valence-corrected chi connectivity index (χ4v) is 4.34. The van der Waals surface area contributed by atoms with E-state index in [0.29, 0.717) is 26.1 Å². The van der Waals surface area contributed by atoms with Crippen molar-refractivity contribution in [3.63, 3.8) is 0 Å². The fourth-order valence-electron chi connectivity index (χ4n) is 4.34. The van der Waals surface area contributed by atoms with Crippen molar-refractivity contribution in [3.8, 4) is 0 Å². The molecule has 0 unspecified atom stereocenters. The minimum Gasteiger partial charge on any atom is -0.389 e. The number of carbonyl (C=O) groups is 1. The Labute approximate surface area is 160 Å². The lowest BCUT2D eigenvalue weighted by atomic mass is 10.2. The summed E-state index contributed by atoms with van der Waals surface area (Å²) in [5, 5.41) is 18.1. The van der Waals surface area contributed by atoms with Gasteiger partial charge in [-0.25, -0.2) is 0 Å². The van der Waals surface area contributed by atoms with Crippen LogP contribution in [0.3, 0.4) is 0 Å². The van der Waals surface area contributed by atoms with Crippen molar-refractivity contribution >= 4 is 5.91 Å². The first kappa shape index (κ1) is 18.9. The Bertz CT molecular complexity index is 626. The van der Waals surface area contributed by atoms with Gasteiger partial charge in [-0.2, -0.15) is 5.10 Å². The molecule has 4 heterocycles. The van der Waals surface area contributed by atoms with Crippen molar-refractivity contribution in [2.45, 2.75) is 50.9 Å². The van der Waals surface area contributed by atoms with Crippen LogP contribution in [0.15, 0.2) is 6.07 Å². The molecule has 2 N–H and O–H groups in total. The number of amides is 1. The van der Waals surface area contributed by atoms with Gasteiger partial charge in [-0.15, -0.1) is 0 Å². The van der Waals surface area contributed by atoms with Crippen LogP contribution in [0.4, 0.5) is 0 Å². The normalized spacial score (nSPS) is 27.2. The van der Waals surface area contributed by atoms with Crippen LogP contribution in [0.5, 0.6) is 0 Å². The molecule has 0 bridgehead atoms. The van der Waals surface area contributed by atoms with Crippen LogP contribution in [-0.4, -0.2) is 88.7 Å². The van der Waals surface area contributed by atoms with Crippen LogP contribution in [0.2, 0.25) is 0 Å². The maximum Gasteiger partial charge on any atom is 0.223 e. The van der Waals surface area contributed by atoms with E-state index in [0.717, 1.165) is 64.3 Å². The zero-order chi connectivity index (χ0) is 18.6. The summed E-state index contributed by atoms with van der Waals surface area (Å²) in [4.78, 5) is 17.0. The van der Waals surface area contributed by atoms with Gasteiger partial charge in [0.15, 0.2) is 0 Å². The molecule has 2 atom stereocenters. The maximum atomic E-state index is 12.7. The number of carbonyl (C=O) groups excluding carboxylic acids is 1. The molecule has 0 saturated carbocycles. The standard InChI is InChI=1S/C19H31N5O3/c25-18-14-27-13-17(18)22-6-2-7-23(10-9-22)19(26)4-3-15-11-16-12-20-5-1-8-24(16)21-15/h11,17-18,20,25H,1-10,12-14H2/t17-,18-/m1/s1. The zero-order valence-electron chi connectivity index (χ0n) is 16.0. The van der Waals surface area contributed by atoms with Gasteiger partial charge in [-0.05, 0) is 25.5 Å². The van der Waals surface area contributed by atoms with Crippen molar-refractivity contribution < 1.29 is 14.6 Å². The summed E-state index contributed by atoms with van der Waals surface area (Å²) >= 11 is 0. The molecule has 2 saturated heterocycles. The number of aromatic nitrogens is 2. The highest BCUT2D eigenvalue weighted by molar-refractivity contribution is 5.76. The van der Waals surface area contributed by atoms with Gasteiger partial charge in [-0.3, -0.25) is 14.4 Å². The fraction of sp³-hybridized carbons (Fsp3) is 0.789. The van der Waals surface area contributed by atoms with Crippen molar-refractivity contribution in [1.82, 2.24) is 24.9 Å². The molecule has 1 aromatic heterocycles. The number of aryl methyl sites for hydroxylation is 2. The van der Waals surface area contributed by atoms with Gasteiger partial charge < -0.3 is 20.1 Å². The van der Waals surface area contributed by atoms with Crippen LogP contribution >= 0.6 is 0 Å². The van der Waals surface area contributed by atoms with E-state index >= 15 is 0 Å². The molecule has 3 aliphatic heterocycles. The predicted octanol–water partition coefficient (Wildman–Crippen LogP) is -0.397. The quantitative estimate of drug-likeness (QED) is 0.743. The molecule has 8 heteroatoms. The van der Waals surface area contributed by atoms with Gasteiger partial charge in [0.1, 0.15) is 0 Å². The highest BCUT2D eigenvalue weighted by Gasteiger charge is 2.33. The van der Waals surface area contributed by atoms with Crippen molar-refractivity contribution in [3.05, 3.63) is 17.5 Å². The second-order valence-electron chi connectivity index (χ2n) is 7.82. The third-order valence-electron chi connectivity index (χ3n) is 5.91. The molecular formula is C19H31N5O3. The largest absolute Gasteiger partial charge is 0.389 e. The van der Waals surface area contributed by atoms with E-state index in [1.165, 1.54) is 5.69 Å². The first-order valence-electron chi connectivity index (χ1n) is 10.2. The molecule has 150 valence electrons. The minimum atomic E-state index is -0.405. The topological polar surface area (TPSA) is 82.9 Å². The summed E-state index contributed by atoms with van der Waals surface area (Å²) in [6.07, 6.45) is 2.85. The van der Waals surface area contributed by atoms with Crippen LogP contribution in [-0.2, 0) is 29.0 Å². The van der Waals surface area contributed by atoms with Gasteiger partial charge in [0.05, 0.1) is 36.7 Å². The molecule has 0 radical (unpaired) electrons. The molecule has 0 aromatic carbocycles. The average Bonchev–Trinajstić information content (AvgIpc) is 3.08. The monoisotopic (exact) mass is 377 g/mol. The maximum absolute atomic E-state index is 12.7. The Balaban J connectivity index is 1.27. The lowest BCUT2D eigenvalue weighted by Crippen LogP contribution is -2.45. The van der Waals surface area contributed by atoms with Gasteiger partial charge in [-0.1, -0.05) is 0 Å². The number of hydrogen-bond acceptors (Lipinski definition) is 6. The van der Waals surface area contributed by atoms with Crippen molar-refractivity contribution in [2.75, 3.05) is 45.9 Å². The Morgan fingerprint density at radius 1 is 1.22 bits per heavy atom. The van der Waals surface area contributed by atoms with Crippen molar-refractivity contribution in [1.29, 1.82) is 0 Å². The van der Waals surface area contributed by atoms with E-state index in [1.807, 2.05) is 4.90 Å². The Kier molecular flexibility index (Phi) is 6.07. The number of nitrogens with one attached hydrogen (secondary N) is 1. The number of aliphatic hydroxyl groups excluding tert-OH is 1. The molecule has 1 amide bonds. The second-order valence-corrected chi connectivity index (χ2v) is 7.82. The summed E-state index contributed by atoms with van der Waals surface area (Å²) in [6.45, 7) is 7.11. The van der Waals surface area contributed by atoms with Crippen LogP contribution in [0.25, 0.3) is 0 Å². The molecule has 27 heavy (non-hydrogen) atoms. The number of nitrogens with zero attached hydrogens (tertiary/aromatic N) is 4. The predicted molar refractivity (Wildman–Crippen MR) is 100 cm³/mol. The first-order chi connectivity index (χ1) is 13.2. The summed E-state index contributed by atoms with van der Waals surface area (Å²) < 4.78 is 7.46.